The van der Waals surface area contributed by atoms with Gasteiger partial charge in [0.05, 0.1) is 19.8 Å². The Morgan fingerprint density at radius 2 is 1.96 bits per heavy atom. The number of fused-ring (bicyclic) bond motifs is 1. The second-order valence-corrected chi connectivity index (χ2v) is 6.30. The molecule has 0 fully saturated rings. The molecular formula is C17H20Cl2N6O2. The summed E-state index contributed by atoms with van der Waals surface area (Å²) in [4.78, 5) is 12.9. The van der Waals surface area contributed by atoms with Crippen LogP contribution in [0.5, 0.6) is 0 Å². The van der Waals surface area contributed by atoms with Crippen LogP contribution in [0.15, 0.2) is 18.3 Å². The SMILES string of the molecule is CCOCCn1nc(COCC)c2nc(Cl)nc(Nc3cc(Cl)ccn3)c21. The van der Waals surface area contributed by atoms with Crippen LogP contribution in [0.2, 0.25) is 10.3 Å². The van der Waals surface area contributed by atoms with Gasteiger partial charge < -0.3 is 14.8 Å². The molecule has 3 heterocycles. The van der Waals surface area contributed by atoms with Gasteiger partial charge in [-0.1, -0.05) is 11.6 Å². The van der Waals surface area contributed by atoms with E-state index in [0.29, 0.717) is 66.4 Å². The highest BCUT2D eigenvalue weighted by atomic mass is 35.5. The third kappa shape index (κ3) is 4.84. The van der Waals surface area contributed by atoms with Crippen LogP contribution in [0, 0.1) is 0 Å². The predicted octanol–water partition coefficient (Wildman–Crippen LogP) is 3.84. The minimum atomic E-state index is 0.106. The molecule has 0 saturated heterocycles. The van der Waals surface area contributed by atoms with E-state index in [9.17, 15) is 0 Å². The second-order valence-electron chi connectivity index (χ2n) is 5.53. The Hall–Kier alpha value is -2.00. The van der Waals surface area contributed by atoms with E-state index in [1.54, 1.807) is 23.0 Å². The summed E-state index contributed by atoms with van der Waals surface area (Å²) in [7, 11) is 0. The fourth-order valence-electron chi connectivity index (χ4n) is 2.55. The zero-order valence-corrected chi connectivity index (χ0v) is 16.6. The Kier molecular flexibility index (Phi) is 6.78. The smallest absolute Gasteiger partial charge is 0.225 e. The molecule has 0 aromatic carbocycles. The number of nitrogens with one attached hydrogen (secondary N) is 1. The third-order valence-corrected chi connectivity index (χ3v) is 4.10. The highest BCUT2D eigenvalue weighted by molar-refractivity contribution is 6.30. The summed E-state index contributed by atoms with van der Waals surface area (Å²) < 4.78 is 12.8. The molecule has 0 aliphatic carbocycles. The Morgan fingerprint density at radius 1 is 1.15 bits per heavy atom. The fraction of sp³-hybridized carbons (Fsp3) is 0.412. The summed E-state index contributed by atoms with van der Waals surface area (Å²) in [5.74, 6) is 1.04. The Balaban J connectivity index is 2.06. The van der Waals surface area contributed by atoms with Crippen molar-refractivity contribution in [2.45, 2.75) is 27.0 Å². The molecule has 0 spiro atoms. The molecular weight excluding hydrogens is 391 g/mol. The molecule has 0 aliphatic rings. The number of rotatable bonds is 9. The Labute approximate surface area is 166 Å². The summed E-state index contributed by atoms with van der Waals surface area (Å²) in [6, 6.07) is 3.40. The van der Waals surface area contributed by atoms with Crippen LogP contribution in [0.25, 0.3) is 11.0 Å². The molecule has 0 atom stereocenters. The lowest BCUT2D eigenvalue weighted by Crippen LogP contribution is -2.09. The summed E-state index contributed by atoms with van der Waals surface area (Å²) >= 11 is 12.2. The lowest BCUT2D eigenvalue weighted by molar-refractivity contribution is 0.128. The number of aromatic nitrogens is 5. The molecule has 0 saturated carbocycles. The van der Waals surface area contributed by atoms with Crippen LogP contribution >= 0.6 is 23.2 Å². The van der Waals surface area contributed by atoms with Crippen molar-refractivity contribution in [1.82, 2.24) is 24.7 Å². The van der Waals surface area contributed by atoms with E-state index in [1.165, 1.54) is 0 Å². The molecule has 0 radical (unpaired) electrons. The van der Waals surface area contributed by atoms with E-state index in [1.807, 2.05) is 13.8 Å². The van der Waals surface area contributed by atoms with E-state index in [-0.39, 0.29) is 5.28 Å². The number of ether oxygens (including phenoxy) is 2. The van der Waals surface area contributed by atoms with Gasteiger partial charge in [0.2, 0.25) is 5.28 Å². The van der Waals surface area contributed by atoms with Crippen LogP contribution in [-0.4, -0.2) is 44.6 Å². The van der Waals surface area contributed by atoms with Gasteiger partial charge in [-0.05, 0) is 37.6 Å². The minimum absolute atomic E-state index is 0.106. The molecule has 3 rings (SSSR count). The molecule has 3 aromatic heterocycles. The number of hydrogen-bond donors (Lipinski definition) is 1. The molecule has 10 heteroatoms. The topological polar surface area (TPSA) is 87.0 Å². The largest absolute Gasteiger partial charge is 0.380 e. The van der Waals surface area contributed by atoms with E-state index < -0.39 is 0 Å². The normalized spacial score (nSPS) is 11.3. The average molecular weight is 411 g/mol. The first kappa shape index (κ1) is 19.8. The van der Waals surface area contributed by atoms with Crippen LogP contribution in [0.3, 0.4) is 0 Å². The molecule has 1 N–H and O–H groups in total. The van der Waals surface area contributed by atoms with Crippen LogP contribution < -0.4 is 5.32 Å². The Bertz CT molecular complexity index is 918. The van der Waals surface area contributed by atoms with Gasteiger partial charge >= 0.3 is 0 Å². The quantitative estimate of drug-likeness (QED) is 0.423. The van der Waals surface area contributed by atoms with Crippen molar-refractivity contribution < 1.29 is 9.47 Å². The Morgan fingerprint density at radius 3 is 2.70 bits per heavy atom. The molecule has 8 nitrogen and oxygen atoms in total. The van der Waals surface area contributed by atoms with Crippen LogP contribution in [-0.2, 0) is 22.6 Å². The highest BCUT2D eigenvalue weighted by Gasteiger charge is 2.19. The second kappa shape index (κ2) is 9.27. The van der Waals surface area contributed by atoms with E-state index in [4.69, 9.17) is 32.7 Å². The minimum Gasteiger partial charge on any atom is -0.380 e. The highest BCUT2D eigenvalue weighted by Crippen LogP contribution is 2.28. The van der Waals surface area contributed by atoms with Crippen LogP contribution in [0.1, 0.15) is 19.5 Å². The standard InChI is InChI=1S/C17H20Cl2N6O2/c1-3-26-8-7-25-15-14(12(24-25)10-27-4-2)22-17(19)23-16(15)21-13-9-11(18)5-6-20-13/h5-6,9H,3-4,7-8,10H2,1-2H3,(H,20,21,22,23). The molecule has 27 heavy (non-hydrogen) atoms. The van der Waals surface area contributed by atoms with E-state index in [0.717, 1.165) is 0 Å². The van der Waals surface area contributed by atoms with Gasteiger partial charge in [0.25, 0.3) is 0 Å². The number of hydrogen-bond acceptors (Lipinski definition) is 7. The van der Waals surface area contributed by atoms with Gasteiger partial charge in [-0.3, -0.25) is 4.68 Å². The molecule has 0 aliphatic heterocycles. The first-order valence-electron chi connectivity index (χ1n) is 8.59. The zero-order valence-electron chi connectivity index (χ0n) is 15.1. The number of anilines is 2. The maximum Gasteiger partial charge on any atom is 0.225 e. The van der Waals surface area contributed by atoms with Gasteiger partial charge in [-0.25, -0.2) is 9.97 Å². The number of nitrogens with zero attached hydrogens (tertiary/aromatic N) is 5. The summed E-state index contributed by atoms with van der Waals surface area (Å²) in [5.41, 5.74) is 2.02. The van der Waals surface area contributed by atoms with Crippen molar-refractivity contribution in [3.63, 3.8) is 0 Å². The lowest BCUT2D eigenvalue weighted by Gasteiger charge is -2.09. The molecule has 0 unspecified atom stereocenters. The van der Waals surface area contributed by atoms with Crippen molar-refractivity contribution in [2.75, 3.05) is 25.1 Å². The fourth-order valence-corrected chi connectivity index (χ4v) is 2.88. The van der Waals surface area contributed by atoms with Crippen molar-refractivity contribution in [2.24, 2.45) is 0 Å². The maximum absolute atomic E-state index is 6.15. The van der Waals surface area contributed by atoms with E-state index >= 15 is 0 Å². The zero-order chi connectivity index (χ0) is 19.2. The molecule has 0 bridgehead atoms. The van der Waals surface area contributed by atoms with Crippen molar-refractivity contribution in [3.05, 3.63) is 34.3 Å². The lowest BCUT2D eigenvalue weighted by atomic mass is 10.3. The van der Waals surface area contributed by atoms with Gasteiger partial charge in [0.15, 0.2) is 5.82 Å². The monoisotopic (exact) mass is 410 g/mol. The summed E-state index contributed by atoms with van der Waals surface area (Å²) in [6.45, 7) is 6.46. The van der Waals surface area contributed by atoms with Crippen molar-refractivity contribution in [3.8, 4) is 0 Å². The van der Waals surface area contributed by atoms with Crippen molar-refractivity contribution in [1.29, 1.82) is 0 Å². The average Bonchev–Trinajstić information content (AvgIpc) is 2.98. The van der Waals surface area contributed by atoms with Gasteiger partial charge in [0.1, 0.15) is 22.5 Å². The van der Waals surface area contributed by atoms with E-state index in [2.05, 4.69) is 25.4 Å². The van der Waals surface area contributed by atoms with Gasteiger partial charge in [-0.2, -0.15) is 10.1 Å². The number of halogens is 2. The van der Waals surface area contributed by atoms with Crippen LogP contribution in [0.4, 0.5) is 11.6 Å². The first-order chi connectivity index (χ1) is 13.1. The van der Waals surface area contributed by atoms with Crippen molar-refractivity contribution >= 4 is 45.9 Å². The summed E-state index contributed by atoms with van der Waals surface area (Å²) in [6.07, 6.45) is 1.61. The molecule has 3 aromatic rings. The van der Waals surface area contributed by atoms with Gasteiger partial charge in [-0.15, -0.1) is 0 Å². The summed E-state index contributed by atoms with van der Waals surface area (Å²) in [5, 5.41) is 8.45. The maximum atomic E-state index is 6.15. The molecule has 144 valence electrons. The van der Waals surface area contributed by atoms with Gasteiger partial charge in [0, 0.05) is 24.4 Å². The predicted molar refractivity (Wildman–Crippen MR) is 105 cm³/mol. The third-order valence-electron chi connectivity index (χ3n) is 3.69. The molecule has 0 amide bonds. The number of pyridine rings is 1. The first-order valence-corrected chi connectivity index (χ1v) is 9.35.